The fraction of sp³-hybridized carbons (Fsp3) is 0.150. The molecule has 6 heteroatoms. The van der Waals surface area contributed by atoms with Crippen LogP contribution in [0.4, 0.5) is 14.5 Å². The summed E-state index contributed by atoms with van der Waals surface area (Å²) in [5.41, 5.74) is 7.00. The molecule has 0 aromatic heterocycles. The Kier molecular flexibility index (Phi) is 4.28. The second kappa shape index (κ2) is 6.29. The molecule has 0 atom stereocenters. The fourth-order valence-corrected chi connectivity index (χ4v) is 3.10. The Bertz CT molecular complexity index is 937. The Morgan fingerprint density at radius 2 is 2.12 bits per heavy atom. The Morgan fingerprint density at radius 1 is 1.38 bits per heavy atom. The first-order valence-electron chi connectivity index (χ1n) is 7.94. The van der Waals surface area contributed by atoms with E-state index in [1.165, 1.54) is 36.6 Å². The van der Waals surface area contributed by atoms with Gasteiger partial charge in [0.2, 0.25) is 0 Å². The molecule has 1 aromatic carbocycles. The smallest absolute Gasteiger partial charge is 0.260 e. The number of hydrogen-bond donors (Lipinski definition) is 2. The number of carbonyl (C=O) groups excluding carboxylic acids is 1. The first kappa shape index (κ1) is 17.7. The average molecular weight is 356 g/mol. The molecule has 0 fully saturated rings. The Labute approximate surface area is 150 Å². The summed E-state index contributed by atoms with van der Waals surface area (Å²) in [6.45, 7) is 6.84. The Hall–Kier alpha value is -3.15. The summed E-state index contributed by atoms with van der Waals surface area (Å²) >= 11 is 0. The fourth-order valence-electron chi connectivity index (χ4n) is 3.10. The highest BCUT2D eigenvalue weighted by Crippen LogP contribution is 2.43. The largest absolute Gasteiger partial charge is 0.482 e. The minimum absolute atomic E-state index is 0.304. The van der Waals surface area contributed by atoms with Crippen molar-refractivity contribution < 1.29 is 18.3 Å². The van der Waals surface area contributed by atoms with Gasteiger partial charge in [-0.2, -0.15) is 0 Å². The van der Waals surface area contributed by atoms with Crippen LogP contribution in [0, 0.1) is 5.82 Å². The van der Waals surface area contributed by atoms with Crippen molar-refractivity contribution in [1.29, 1.82) is 0 Å². The van der Waals surface area contributed by atoms with Gasteiger partial charge < -0.3 is 15.8 Å². The van der Waals surface area contributed by atoms with Gasteiger partial charge in [0, 0.05) is 11.1 Å². The third-order valence-electron chi connectivity index (χ3n) is 4.16. The van der Waals surface area contributed by atoms with Crippen molar-refractivity contribution in [2.75, 3.05) is 5.32 Å². The number of anilines is 1. The quantitative estimate of drug-likeness (QED) is 0.633. The Morgan fingerprint density at radius 3 is 2.77 bits per heavy atom. The number of amides is 1. The first-order chi connectivity index (χ1) is 12.2. The summed E-state index contributed by atoms with van der Waals surface area (Å²) in [6.07, 6.45) is 5.73. The van der Waals surface area contributed by atoms with E-state index in [4.69, 9.17) is 10.5 Å². The number of halogens is 2. The molecule has 2 heterocycles. The second-order valence-corrected chi connectivity index (χ2v) is 6.46. The van der Waals surface area contributed by atoms with Crippen LogP contribution in [0.1, 0.15) is 19.4 Å². The van der Waals surface area contributed by atoms with Crippen LogP contribution in [0.2, 0.25) is 0 Å². The van der Waals surface area contributed by atoms with Crippen LogP contribution < -0.4 is 11.1 Å². The van der Waals surface area contributed by atoms with Gasteiger partial charge >= 0.3 is 0 Å². The number of fused-ring (bicyclic) bond motifs is 1. The van der Waals surface area contributed by atoms with Crippen LogP contribution >= 0.6 is 0 Å². The van der Waals surface area contributed by atoms with Gasteiger partial charge in [0.15, 0.2) is 0 Å². The summed E-state index contributed by atoms with van der Waals surface area (Å²) in [6, 6.07) is 4.05. The predicted molar refractivity (Wildman–Crippen MR) is 96.9 cm³/mol. The summed E-state index contributed by atoms with van der Waals surface area (Å²) in [5.74, 6) is -1.13. The van der Waals surface area contributed by atoms with Crippen molar-refractivity contribution >= 4 is 17.2 Å². The van der Waals surface area contributed by atoms with Crippen LogP contribution in [0.3, 0.4) is 0 Å². The van der Waals surface area contributed by atoms with E-state index >= 15 is 0 Å². The number of rotatable bonds is 3. The van der Waals surface area contributed by atoms with Crippen LogP contribution in [0.25, 0.3) is 5.57 Å². The lowest BCUT2D eigenvalue weighted by Crippen LogP contribution is -2.23. The molecule has 3 N–H and O–H groups in total. The van der Waals surface area contributed by atoms with E-state index in [1.807, 2.05) is 0 Å². The van der Waals surface area contributed by atoms with Crippen molar-refractivity contribution in [3.05, 3.63) is 83.3 Å². The van der Waals surface area contributed by atoms with Crippen molar-refractivity contribution in [2.24, 2.45) is 5.73 Å². The monoisotopic (exact) mass is 356 g/mol. The molecule has 1 aromatic rings. The highest BCUT2D eigenvalue weighted by Gasteiger charge is 2.38. The highest BCUT2D eigenvalue weighted by molar-refractivity contribution is 6.32. The van der Waals surface area contributed by atoms with Gasteiger partial charge in [-0.15, -0.1) is 0 Å². The van der Waals surface area contributed by atoms with Crippen molar-refractivity contribution in [2.45, 2.75) is 19.4 Å². The molecule has 0 radical (unpaired) electrons. The van der Waals surface area contributed by atoms with Gasteiger partial charge in [0.1, 0.15) is 23.0 Å². The number of ether oxygens (including phenoxy) is 1. The number of allylic oxidation sites excluding steroid dienone is 4. The number of nitrogens with two attached hydrogens (primary N) is 1. The number of carbonyl (C=O) groups is 1. The maximum atomic E-state index is 13.4. The molecule has 0 saturated carbocycles. The van der Waals surface area contributed by atoms with Gasteiger partial charge in [-0.25, -0.2) is 8.78 Å². The van der Waals surface area contributed by atoms with Gasteiger partial charge in [0.05, 0.1) is 11.3 Å². The molecule has 4 nitrogen and oxygen atoms in total. The first-order valence-corrected chi connectivity index (χ1v) is 7.94. The minimum atomic E-state index is -0.827. The minimum Gasteiger partial charge on any atom is -0.482 e. The van der Waals surface area contributed by atoms with Crippen LogP contribution in [-0.2, 0) is 9.53 Å². The Balaban J connectivity index is 2.17. The maximum absolute atomic E-state index is 13.4. The third-order valence-corrected chi connectivity index (χ3v) is 4.16. The van der Waals surface area contributed by atoms with Crippen LogP contribution in [-0.4, -0.2) is 11.5 Å². The van der Waals surface area contributed by atoms with Gasteiger partial charge in [-0.3, -0.25) is 4.79 Å². The number of benzene rings is 1. The lowest BCUT2D eigenvalue weighted by Gasteiger charge is -2.24. The van der Waals surface area contributed by atoms with E-state index in [1.54, 1.807) is 19.9 Å². The molecule has 1 amide bonds. The van der Waals surface area contributed by atoms with E-state index in [-0.39, 0.29) is 5.91 Å². The van der Waals surface area contributed by atoms with Crippen molar-refractivity contribution in [3.63, 3.8) is 0 Å². The highest BCUT2D eigenvalue weighted by atomic mass is 19.1. The standard InChI is InChI=1S/C20H18F2N2O2/c1-11(21)8-12(6-7-23)15-10-17(26-20(15,2)3)18-14-5-4-13(22)9-16(14)24-19(18)25/h4-10H,1,23H2,2-3H3,(H,24,25)/b7-6-,12-8+,18-17+. The zero-order valence-corrected chi connectivity index (χ0v) is 14.4. The van der Waals surface area contributed by atoms with E-state index < -0.39 is 17.2 Å². The second-order valence-electron chi connectivity index (χ2n) is 6.46. The van der Waals surface area contributed by atoms with Crippen LogP contribution in [0.15, 0.2) is 71.9 Å². The summed E-state index contributed by atoms with van der Waals surface area (Å²) in [4.78, 5) is 12.4. The molecule has 3 rings (SSSR count). The summed E-state index contributed by atoms with van der Waals surface area (Å²) in [7, 11) is 0. The third kappa shape index (κ3) is 3.06. The average Bonchev–Trinajstić information content (AvgIpc) is 3.01. The molecular formula is C20H18F2N2O2. The lowest BCUT2D eigenvalue weighted by atomic mass is 9.91. The van der Waals surface area contributed by atoms with Crippen molar-refractivity contribution in [3.8, 4) is 0 Å². The SMILES string of the molecule is C=C(F)/C=C(\C=C/N)C1=C/C(=C2\C(=O)Nc3cc(F)ccc32)OC1(C)C. The molecule has 0 saturated heterocycles. The summed E-state index contributed by atoms with van der Waals surface area (Å²) in [5, 5.41) is 2.63. The molecule has 2 aliphatic rings. The zero-order valence-electron chi connectivity index (χ0n) is 14.4. The van der Waals surface area contributed by atoms with Crippen LogP contribution in [0.5, 0.6) is 0 Å². The molecule has 0 bridgehead atoms. The molecule has 0 unspecified atom stereocenters. The molecule has 2 aliphatic heterocycles. The molecule has 134 valence electrons. The molecule has 0 aliphatic carbocycles. The van der Waals surface area contributed by atoms with Gasteiger partial charge in [-0.05, 0) is 62.0 Å². The molecule has 0 spiro atoms. The van der Waals surface area contributed by atoms with E-state index in [2.05, 4.69) is 11.9 Å². The zero-order chi connectivity index (χ0) is 19.1. The van der Waals surface area contributed by atoms with Crippen molar-refractivity contribution in [1.82, 2.24) is 0 Å². The van der Waals surface area contributed by atoms with E-state index in [9.17, 15) is 13.6 Å². The lowest BCUT2D eigenvalue weighted by molar-refractivity contribution is -0.111. The van der Waals surface area contributed by atoms with Gasteiger partial charge in [0.25, 0.3) is 5.91 Å². The maximum Gasteiger partial charge on any atom is 0.260 e. The molecular weight excluding hydrogens is 338 g/mol. The predicted octanol–water partition coefficient (Wildman–Crippen LogP) is 4.11. The topological polar surface area (TPSA) is 64.4 Å². The van der Waals surface area contributed by atoms with E-state index in [0.717, 1.165) is 0 Å². The normalized spacial score (nSPS) is 21.5. The number of nitrogens with one attached hydrogen (secondary N) is 1. The van der Waals surface area contributed by atoms with E-state index in [0.29, 0.717) is 33.7 Å². The molecule has 26 heavy (non-hydrogen) atoms. The summed E-state index contributed by atoms with van der Waals surface area (Å²) < 4.78 is 32.7. The number of hydrogen-bond acceptors (Lipinski definition) is 3. The van der Waals surface area contributed by atoms with Gasteiger partial charge in [-0.1, -0.05) is 6.58 Å².